The number of fused-ring (bicyclic) bond motifs is 1. The summed E-state index contributed by atoms with van der Waals surface area (Å²) < 4.78 is 0. The second kappa shape index (κ2) is 4.24. The summed E-state index contributed by atoms with van der Waals surface area (Å²) in [4.78, 5) is 9.72. The minimum Gasteiger partial charge on any atom is -0.222 e. The summed E-state index contributed by atoms with van der Waals surface area (Å²) in [5.41, 5.74) is 0. The van der Waals surface area contributed by atoms with Crippen LogP contribution >= 0.6 is 22.9 Å². The van der Waals surface area contributed by atoms with Crippen LogP contribution in [-0.2, 0) is 6.42 Å². The third kappa shape index (κ3) is 1.88. The molecule has 0 aliphatic carbocycles. The van der Waals surface area contributed by atoms with Crippen LogP contribution in [0.5, 0.6) is 0 Å². The lowest BCUT2D eigenvalue weighted by molar-refractivity contribution is 0.757. The van der Waals surface area contributed by atoms with Crippen LogP contribution < -0.4 is 0 Å². The minimum atomic E-state index is 0.586. The molecule has 0 aliphatic rings. The number of aryl methyl sites for hydroxylation is 1. The summed E-state index contributed by atoms with van der Waals surface area (Å²) in [5, 5.41) is 3.55. The standard InChI is InChI=1S/C10H11ClN2S/c1-2-3-4-8-12-9(11)7-5-6-14-10(7)13-8/h5-6H,2-4H2,1H3. The van der Waals surface area contributed by atoms with Crippen LogP contribution in [0.25, 0.3) is 10.2 Å². The van der Waals surface area contributed by atoms with Crippen molar-refractivity contribution in [1.29, 1.82) is 0 Å². The maximum Gasteiger partial charge on any atom is 0.141 e. The van der Waals surface area contributed by atoms with Gasteiger partial charge in [-0.05, 0) is 17.9 Å². The Balaban J connectivity index is 2.38. The molecule has 0 amide bonds. The number of hydrogen-bond donors (Lipinski definition) is 0. The Morgan fingerprint density at radius 1 is 1.43 bits per heavy atom. The smallest absolute Gasteiger partial charge is 0.141 e. The fourth-order valence-corrected chi connectivity index (χ4v) is 2.40. The second-order valence-electron chi connectivity index (χ2n) is 3.17. The molecule has 0 atom stereocenters. The van der Waals surface area contributed by atoms with E-state index in [1.54, 1.807) is 11.3 Å². The number of halogens is 1. The highest BCUT2D eigenvalue weighted by Gasteiger charge is 2.05. The first kappa shape index (κ1) is 9.87. The zero-order valence-corrected chi connectivity index (χ0v) is 9.53. The predicted octanol–water partition coefficient (Wildman–Crippen LogP) is 3.69. The van der Waals surface area contributed by atoms with Crippen LogP contribution in [0.4, 0.5) is 0 Å². The molecule has 2 aromatic heterocycles. The van der Waals surface area contributed by atoms with Crippen molar-refractivity contribution in [3.8, 4) is 0 Å². The SMILES string of the molecule is CCCCc1nc(Cl)c2ccsc2n1. The Morgan fingerprint density at radius 3 is 3.07 bits per heavy atom. The summed E-state index contributed by atoms with van der Waals surface area (Å²) in [5.74, 6) is 0.867. The molecule has 0 aliphatic heterocycles. The Labute approximate surface area is 92.0 Å². The van der Waals surface area contributed by atoms with Crippen molar-refractivity contribution in [2.75, 3.05) is 0 Å². The van der Waals surface area contributed by atoms with E-state index in [1.165, 1.54) is 0 Å². The molecule has 2 rings (SSSR count). The molecule has 2 aromatic rings. The lowest BCUT2D eigenvalue weighted by Crippen LogP contribution is -1.94. The fraction of sp³-hybridized carbons (Fsp3) is 0.400. The van der Waals surface area contributed by atoms with E-state index in [9.17, 15) is 0 Å². The van der Waals surface area contributed by atoms with Gasteiger partial charge in [-0.2, -0.15) is 0 Å². The maximum atomic E-state index is 6.04. The molecule has 0 N–H and O–H groups in total. The quantitative estimate of drug-likeness (QED) is 0.746. The molecule has 0 saturated heterocycles. The van der Waals surface area contributed by atoms with Crippen molar-refractivity contribution in [2.45, 2.75) is 26.2 Å². The molecule has 0 aromatic carbocycles. The van der Waals surface area contributed by atoms with E-state index in [-0.39, 0.29) is 0 Å². The number of thiophene rings is 1. The van der Waals surface area contributed by atoms with E-state index >= 15 is 0 Å². The summed E-state index contributed by atoms with van der Waals surface area (Å²) in [6.45, 7) is 2.16. The van der Waals surface area contributed by atoms with Gasteiger partial charge in [0.25, 0.3) is 0 Å². The third-order valence-electron chi connectivity index (χ3n) is 2.08. The van der Waals surface area contributed by atoms with Gasteiger partial charge in [-0.3, -0.25) is 0 Å². The van der Waals surface area contributed by atoms with Crippen molar-refractivity contribution >= 4 is 33.2 Å². The first-order valence-electron chi connectivity index (χ1n) is 4.71. The van der Waals surface area contributed by atoms with Crippen molar-refractivity contribution in [1.82, 2.24) is 9.97 Å². The molecule has 0 fully saturated rings. The van der Waals surface area contributed by atoms with E-state index < -0.39 is 0 Å². The number of rotatable bonds is 3. The monoisotopic (exact) mass is 226 g/mol. The summed E-state index contributed by atoms with van der Waals surface area (Å²) in [6, 6.07) is 1.96. The summed E-state index contributed by atoms with van der Waals surface area (Å²) in [7, 11) is 0. The number of hydrogen-bond acceptors (Lipinski definition) is 3. The molecular formula is C10H11ClN2S. The molecule has 74 valence electrons. The highest BCUT2D eigenvalue weighted by molar-refractivity contribution is 7.16. The normalized spacial score (nSPS) is 11.0. The van der Waals surface area contributed by atoms with Gasteiger partial charge in [0.2, 0.25) is 0 Å². The van der Waals surface area contributed by atoms with Crippen molar-refractivity contribution in [2.24, 2.45) is 0 Å². The average Bonchev–Trinajstić information content (AvgIpc) is 2.63. The van der Waals surface area contributed by atoms with Gasteiger partial charge in [-0.1, -0.05) is 24.9 Å². The lowest BCUT2D eigenvalue weighted by atomic mass is 10.2. The largest absolute Gasteiger partial charge is 0.222 e. The van der Waals surface area contributed by atoms with Gasteiger partial charge in [-0.25, -0.2) is 9.97 Å². The summed E-state index contributed by atoms with van der Waals surface area (Å²) in [6.07, 6.45) is 3.20. The molecule has 4 heteroatoms. The molecule has 2 heterocycles. The average molecular weight is 227 g/mol. The van der Waals surface area contributed by atoms with Crippen LogP contribution in [0.15, 0.2) is 11.4 Å². The van der Waals surface area contributed by atoms with Gasteiger partial charge in [0.15, 0.2) is 0 Å². The Morgan fingerprint density at radius 2 is 2.29 bits per heavy atom. The topological polar surface area (TPSA) is 25.8 Å². The molecule has 0 spiro atoms. The lowest BCUT2D eigenvalue weighted by Gasteiger charge is -1.99. The molecule has 0 unspecified atom stereocenters. The van der Waals surface area contributed by atoms with Gasteiger partial charge in [0.1, 0.15) is 15.8 Å². The Bertz CT molecular complexity index is 439. The van der Waals surface area contributed by atoms with Crippen LogP contribution in [0.2, 0.25) is 5.15 Å². The molecular weight excluding hydrogens is 216 g/mol. The van der Waals surface area contributed by atoms with Crippen LogP contribution in [0, 0.1) is 0 Å². The van der Waals surface area contributed by atoms with E-state index in [2.05, 4.69) is 16.9 Å². The number of nitrogens with zero attached hydrogens (tertiary/aromatic N) is 2. The van der Waals surface area contributed by atoms with Gasteiger partial charge in [-0.15, -0.1) is 11.3 Å². The van der Waals surface area contributed by atoms with Crippen LogP contribution in [-0.4, -0.2) is 9.97 Å². The highest BCUT2D eigenvalue weighted by Crippen LogP contribution is 2.24. The van der Waals surface area contributed by atoms with E-state index in [4.69, 9.17) is 11.6 Å². The van der Waals surface area contributed by atoms with Gasteiger partial charge in [0.05, 0.1) is 0 Å². The second-order valence-corrected chi connectivity index (χ2v) is 4.43. The zero-order valence-electron chi connectivity index (χ0n) is 7.96. The van der Waals surface area contributed by atoms with Crippen LogP contribution in [0.1, 0.15) is 25.6 Å². The van der Waals surface area contributed by atoms with Crippen molar-refractivity contribution in [3.63, 3.8) is 0 Å². The van der Waals surface area contributed by atoms with Crippen LogP contribution in [0.3, 0.4) is 0 Å². The first-order valence-corrected chi connectivity index (χ1v) is 5.96. The van der Waals surface area contributed by atoms with Gasteiger partial charge >= 0.3 is 0 Å². The Hall–Kier alpha value is -0.670. The predicted molar refractivity (Wildman–Crippen MR) is 61.0 cm³/mol. The molecule has 14 heavy (non-hydrogen) atoms. The fourth-order valence-electron chi connectivity index (χ4n) is 1.31. The molecule has 0 saturated carbocycles. The van der Waals surface area contributed by atoms with E-state index in [0.717, 1.165) is 35.3 Å². The van der Waals surface area contributed by atoms with E-state index in [0.29, 0.717) is 5.15 Å². The molecule has 0 radical (unpaired) electrons. The number of unbranched alkanes of at least 4 members (excludes halogenated alkanes) is 1. The first-order chi connectivity index (χ1) is 6.81. The van der Waals surface area contributed by atoms with Gasteiger partial charge in [0, 0.05) is 11.8 Å². The zero-order chi connectivity index (χ0) is 9.97. The minimum absolute atomic E-state index is 0.586. The maximum absolute atomic E-state index is 6.04. The highest BCUT2D eigenvalue weighted by atomic mass is 35.5. The molecule has 2 nitrogen and oxygen atoms in total. The van der Waals surface area contributed by atoms with Gasteiger partial charge < -0.3 is 0 Å². The van der Waals surface area contributed by atoms with Crippen molar-refractivity contribution < 1.29 is 0 Å². The van der Waals surface area contributed by atoms with E-state index in [1.807, 2.05) is 11.4 Å². The third-order valence-corrected chi connectivity index (χ3v) is 3.17. The molecule has 0 bridgehead atoms. The van der Waals surface area contributed by atoms with Crippen molar-refractivity contribution in [3.05, 3.63) is 22.4 Å². The summed E-state index contributed by atoms with van der Waals surface area (Å²) >= 11 is 7.65. The Kier molecular flexibility index (Phi) is 2.99. The number of aromatic nitrogens is 2.